The van der Waals surface area contributed by atoms with Gasteiger partial charge in [-0.2, -0.15) is 0 Å². The molecule has 1 aromatic rings. The minimum atomic E-state index is -0.219. The quantitative estimate of drug-likeness (QED) is 0.757. The molecule has 0 atom stereocenters. The van der Waals surface area contributed by atoms with Crippen LogP contribution in [0.1, 0.15) is 17.5 Å². The van der Waals surface area contributed by atoms with Crippen LogP contribution in [-0.4, -0.2) is 11.7 Å². The number of aryl methyl sites for hydroxylation is 1. The van der Waals surface area contributed by atoms with Crippen molar-refractivity contribution in [3.8, 4) is 0 Å². The molecule has 1 aromatic carbocycles. The molecular weight excluding hydrogens is 167 g/mol. The van der Waals surface area contributed by atoms with E-state index in [0.29, 0.717) is 6.42 Å². The smallest absolute Gasteiger partial charge is 0.124 e. The molecule has 0 heterocycles. The summed E-state index contributed by atoms with van der Waals surface area (Å²) in [5.41, 5.74) is 1.74. The van der Waals surface area contributed by atoms with Gasteiger partial charge in [0.2, 0.25) is 0 Å². The highest BCUT2D eigenvalue weighted by atomic mass is 19.1. The number of hydrogen-bond acceptors (Lipinski definition) is 1. The first-order valence-corrected chi connectivity index (χ1v) is 4.27. The Labute approximate surface area is 77.5 Å². The zero-order valence-electron chi connectivity index (χ0n) is 7.63. The Morgan fingerprint density at radius 3 is 2.77 bits per heavy atom. The van der Waals surface area contributed by atoms with E-state index >= 15 is 0 Å². The van der Waals surface area contributed by atoms with Crippen LogP contribution in [0.2, 0.25) is 0 Å². The maximum Gasteiger partial charge on any atom is 0.124 e. The maximum atomic E-state index is 12.9. The predicted octanol–water partition coefficient (Wildman–Crippen LogP) is 2.53. The van der Waals surface area contributed by atoms with Gasteiger partial charge in [0, 0.05) is 6.61 Å². The lowest BCUT2D eigenvalue weighted by molar-refractivity contribution is 0.303. The van der Waals surface area contributed by atoms with Gasteiger partial charge < -0.3 is 5.11 Å². The Kier molecular flexibility index (Phi) is 3.65. The monoisotopic (exact) mass is 180 g/mol. The van der Waals surface area contributed by atoms with Gasteiger partial charge in [-0.15, -0.1) is 0 Å². The minimum absolute atomic E-state index is 0.130. The van der Waals surface area contributed by atoms with E-state index in [2.05, 4.69) is 0 Å². The summed E-state index contributed by atoms with van der Waals surface area (Å²) in [5, 5.41) is 8.53. The highest BCUT2D eigenvalue weighted by molar-refractivity contribution is 5.50. The van der Waals surface area contributed by atoms with Crippen molar-refractivity contribution in [2.45, 2.75) is 13.3 Å². The average molecular weight is 180 g/mol. The molecule has 1 rings (SSSR count). The predicted molar refractivity (Wildman–Crippen MR) is 51.9 cm³/mol. The molecule has 0 saturated heterocycles. The summed E-state index contributed by atoms with van der Waals surface area (Å²) in [5.74, 6) is -0.219. The molecule has 0 saturated carbocycles. The Bertz CT molecular complexity index is 285. The van der Waals surface area contributed by atoms with Gasteiger partial charge in [0.1, 0.15) is 5.82 Å². The Morgan fingerprint density at radius 1 is 1.38 bits per heavy atom. The molecule has 0 aliphatic carbocycles. The van der Waals surface area contributed by atoms with Gasteiger partial charge in [0.05, 0.1) is 0 Å². The highest BCUT2D eigenvalue weighted by Crippen LogP contribution is 2.09. The number of benzene rings is 1. The van der Waals surface area contributed by atoms with E-state index in [0.717, 1.165) is 11.1 Å². The van der Waals surface area contributed by atoms with Gasteiger partial charge in [-0.1, -0.05) is 18.2 Å². The van der Waals surface area contributed by atoms with E-state index in [9.17, 15) is 4.39 Å². The maximum absolute atomic E-state index is 12.9. The third-order valence-electron chi connectivity index (χ3n) is 1.67. The van der Waals surface area contributed by atoms with Crippen LogP contribution in [0, 0.1) is 12.7 Å². The summed E-state index contributed by atoms with van der Waals surface area (Å²) in [6.07, 6.45) is 4.25. The molecule has 13 heavy (non-hydrogen) atoms. The van der Waals surface area contributed by atoms with Crippen molar-refractivity contribution in [1.29, 1.82) is 0 Å². The first-order chi connectivity index (χ1) is 6.22. The number of aliphatic hydroxyl groups excluding tert-OH is 1. The molecule has 0 radical (unpaired) electrons. The molecule has 0 bridgehead atoms. The first kappa shape index (κ1) is 9.93. The summed E-state index contributed by atoms with van der Waals surface area (Å²) in [7, 11) is 0. The molecule has 0 aliphatic heterocycles. The van der Waals surface area contributed by atoms with Gasteiger partial charge >= 0.3 is 0 Å². The lowest BCUT2D eigenvalue weighted by atomic mass is 10.1. The van der Waals surface area contributed by atoms with Crippen LogP contribution in [0.15, 0.2) is 24.3 Å². The molecule has 0 amide bonds. The zero-order chi connectivity index (χ0) is 9.68. The van der Waals surface area contributed by atoms with Crippen molar-refractivity contribution in [3.05, 3.63) is 41.2 Å². The van der Waals surface area contributed by atoms with E-state index in [1.807, 2.05) is 25.1 Å². The summed E-state index contributed by atoms with van der Waals surface area (Å²) in [6, 6.07) is 4.86. The van der Waals surface area contributed by atoms with E-state index in [4.69, 9.17) is 5.11 Å². The SMILES string of the molecule is Cc1cc(F)cc(C=CCCO)c1. The van der Waals surface area contributed by atoms with Crippen molar-refractivity contribution in [2.75, 3.05) is 6.61 Å². The summed E-state index contributed by atoms with van der Waals surface area (Å²) in [4.78, 5) is 0. The molecule has 1 N–H and O–H groups in total. The van der Waals surface area contributed by atoms with Crippen molar-refractivity contribution in [2.24, 2.45) is 0 Å². The molecule has 0 unspecified atom stereocenters. The van der Waals surface area contributed by atoms with Gasteiger partial charge in [-0.25, -0.2) is 4.39 Å². The standard InChI is InChI=1S/C11H13FO/c1-9-6-10(4-2-3-5-13)8-11(12)7-9/h2,4,6-8,13H,3,5H2,1H3. The average Bonchev–Trinajstić information content (AvgIpc) is 2.03. The Morgan fingerprint density at radius 2 is 2.15 bits per heavy atom. The molecule has 0 aliphatic rings. The minimum Gasteiger partial charge on any atom is -0.396 e. The second-order valence-corrected chi connectivity index (χ2v) is 2.98. The molecule has 0 fully saturated rings. The summed E-state index contributed by atoms with van der Waals surface area (Å²) < 4.78 is 12.9. The first-order valence-electron chi connectivity index (χ1n) is 4.27. The number of halogens is 1. The van der Waals surface area contributed by atoms with Gasteiger partial charge in [0.15, 0.2) is 0 Å². The third kappa shape index (κ3) is 3.38. The topological polar surface area (TPSA) is 20.2 Å². The second-order valence-electron chi connectivity index (χ2n) is 2.98. The third-order valence-corrected chi connectivity index (χ3v) is 1.67. The van der Waals surface area contributed by atoms with E-state index in [-0.39, 0.29) is 12.4 Å². The van der Waals surface area contributed by atoms with Crippen LogP contribution < -0.4 is 0 Å². The van der Waals surface area contributed by atoms with Crippen LogP contribution in [0.4, 0.5) is 4.39 Å². The number of rotatable bonds is 3. The van der Waals surface area contributed by atoms with Gasteiger partial charge in [-0.05, 0) is 36.6 Å². The van der Waals surface area contributed by atoms with Gasteiger partial charge in [0.25, 0.3) is 0 Å². The number of aliphatic hydroxyl groups is 1. The van der Waals surface area contributed by atoms with Crippen LogP contribution in [0.5, 0.6) is 0 Å². The highest BCUT2D eigenvalue weighted by Gasteiger charge is 1.93. The molecule has 70 valence electrons. The Hall–Kier alpha value is -1.15. The molecule has 2 heteroatoms. The zero-order valence-corrected chi connectivity index (χ0v) is 7.63. The van der Waals surface area contributed by atoms with E-state index < -0.39 is 0 Å². The molecule has 0 spiro atoms. The van der Waals surface area contributed by atoms with Crippen molar-refractivity contribution < 1.29 is 9.50 Å². The van der Waals surface area contributed by atoms with E-state index in [1.54, 1.807) is 0 Å². The van der Waals surface area contributed by atoms with Crippen LogP contribution in [0.25, 0.3) is 6.08 Å². The summed E-state index contributed by atoms with van der Waals surface area (Å²) >= 11 is 0. The van der Waals surface area contributed by atoms with Gasteiger partial charge in [-0.3, -0.25) is 0 Å². The lowest BCUT2D eigenvalue weighted by Gasteiger charge is -1.97. The molecule has 0 aromatic heterocycles. The fourth-order valence-corrected chi connectivity index (χ4v) is 1.15. The van der Waals surface area contributed by atoms with Crippen molar-refractivity contribution >= 4 is 6.08 Å². The van der Waals surface area contributed by atoms with Crippen LogP contribution in [-0.2, 0) is 0 Å². The summed E-state index contributed by atoms with van der Waals surface area (Å²) in [6.45, 7) is 1.98. The van der Waals surface area contributed by atoms with Crippen LogP contribution >= 0.6 is 0 Å². The fraction of sp³-hybridized carbons (Fsp3) is 0.273. The molecule has 1 nitrogen and oxygen atoms in total. The van der Waals surface area contributed by atoms with E-state index in [1.165, 1.54) is 12.1 Å². The Balaban J connectivity index is 2.77. The number of hydrogen-bond donors (Lipinski definition) is 1. The van der Waals surface area contributed by atoms with Crippen molar-refractivity contribution in [1.82, 2.24) is 0 Å². The molecular formula is C11H13FO. The second kappa shape index (κ2) is 4.77. The van der Waals surface area contributed by atoms with Crippen LogP contribution in [0.3, 0.4) is 0 Å². The lowest BCUT2D eigenvalue weighted by Crippen LogP contribution is -1.81. The normalized spacial score (nSPS) is 11.0. The fourth-order valence-electron chi connectivity index (χ4n) is 1.15. The largest absolute Gasteiger partial charge is 0.396 e. The van der Waals surface area contributed by atoms with Crippen molar-refractivity contribution in [3.63, 3.8) is 0 Å².